The molecule has 3 heteroatoms. The molecule has 0 atom stereocenters. The number of benzene rings is 2. The highest BCUT2D eigenvalue weighted by atomic mass is 14.9. The van der Waals surface area contributed by atoms with Crippen molar-refractivity contribution in [3.05, 3.63) is 59.8 Å². The first-order valence-corrected chi connectivity index (χ1v) is 7.33. The van der Waals surface area contributed by atoms with Crippen molar-refractivity contribution in [2.45, 2.75) is 19.3 Å². The van der Waals surface area contributed by atoms with Gasteiger partial charge in [-0.2, -0.15) is 0 Å². The summed E-state index contributed by atoms with van der Waals surface area (Å²) in [5.74, 6) is 0. The van der Waals surface area contributed by atoms with Crippen molar-refractivity contribution in [3.8, 4) is 0 Å². The Morgan fingerprint density at radius 3 is 2.86 bits per heavy atom. The molecule has 0 amide bonds. The minimum Gasteiger partial charge on any atom is -0.398 e. The first kappa shape index (κ1) is 12.2. The Hall–Kier alpha value is -2.55. The maximum Gasteiger partial charge on any atom is 0.0957 e. The van der Waals surface area contributed by atoms with Crippen molar-refractivity contribution < 1.29 is 0 Å². The van der Waals surface area contributed by atoms with Crippen LogP contribution in [0.2, 0.25) is 0 Å². The lowest BCUT2D eigenvalue weighted by Gasteiger charge is -2.11. The highest BCUT2D eigenvalue weighted by Gasteiger charge is 2.11. The second kappa shape index (κ2) is 4.77. The van der Waals surface area contributed by atoms with E-state index in [1.54, 1.807) is 6.20 Å². The number of pyridine rings is 1. The second-order valence-electron chi connectivity index (χ2n) is 5.56. The molecule has 104 valence electrons. The van der Waals surface area contributed by atoms with Crippen LogP contribution in [-0.2, 0) is 12.8 Å². The monoisotopic (exact) mass is 275 g/mol. The van der Waals surface area contributed by atoms with Gasteiger partial charge in [0.25, 0.3) is 0 Å². The Kier molecular flexibility index (Phi) is 2.78. The molecule has 0 bridgehead atoms. The number of nitrogens with two attached hydrogens (primary N) is 1. The van der Waals surface area contributed by atoms with Crippen molar-refractivity contribution in [2.24, 2.45) is 0 Å². The van der Waals surface area contributed by atoms with Gasteiger partial charge in [0.2, 0.25) is 0 Å². The van der Waals surface area contributed by atoms with Crippen LogP contribution in [0.1, 0.15) is 17.5 Å². The average molecular weight is 275 g/mol. The fourth-order valence-electron chi connectivity index (χ4n) is 3.10. The molecule has 0 spiro atoms. The van der Waals surface area contributed by atoms with E-state index in [1.165, 1.54) is 30.4 Å². The lowest BCUT2D eigenvalue weighted by molar-refractivity contribution is 0.912. The largest absolute Gasteiger partial charge is 0.398 e. The van der Waals surface area contributed by atoms with Crippen LogP contribution >= 0.6 is 0 Å². The van der Waals surface area contributed by atoms with Crippen molar-refractivity contribution >= 4 is 28.0 Å². The van der Waals surface area contributed by atoms with Crippen LogP contribution in [0.5, 0.6) is 0 Å². The highest BCUT2D eigenvalue weighted by molar-refractivity contribution is 5.99. The Morgan fingerprint density at radius 1 is 1.00 bits per heavy atom. The summed E-state index contributed by atoms with van der Waals surface area (Å²) in [6, 6.07) is 14.5. The van der Waals surface area contributed by atoms with Crippen molar-refractivity contribution in [1.82, 2.24) is 4.98 Å². The maximum absolute atomic E-state index is 6.02. The molecule has 3 aromatic rings. The van der Waals surface area contributed by atoms with Crippen molar-refractivity contribution in [1.29, 1.82) is 0 Å². The van der Waals surface area contributed by atoms with Crippen LogP contribution in [0.3, 0.4) is 0 Å². The molecule has 1 heterocycles. The average Bonchev–Trinajstić information content (AvgIpc) is 2.98. The van der Waals surface area contributed by atoms with Gasteiger partial charge in [0, 0.05) is 23.0 Å². The standard InChI is InChI=1S/C18H17N3/c19-16-8-9-17(18-15(16)5-2-10-20-18)21-14-7-6-12-3-1-4-13(12)11-14/h2,5-11,21H,1,3-4,19H2. The van der Waals surface area contributed by atoms with Crippen LogP contribution in [-0.4, -0.2) is 4.98 Å². The van der Waals surface area contributed by atoms with Gasteiger partial charge >= 0.3 is 0 Å². The van der Waals surface area contributed by atoms with Crippen LogP contribution in [0.4, 0.5) is 17.1 Å². The molecule has 3 N–H and O–H groups in total. The van der Waals surface area contributed by atoms with Crippen molar-refractivity contribution in [3.63, 3.8) is 0 Å². The predicted molar refractivity (Wildman–Crippen MR) is 87.9 cm³/mol. The number of rotatable bonds is 2. The number of nitrogens with one attached hydrogen (secondary N) is 1. The Labute approximate surface area is 123 Å². The molecule has 0 radical (unpaired) electrons. The summed E-state index contributed by atoms with van der Waals surface area (Å²) in [5.41, 5.74) is 12.8. The molecule has 1 aromatic heterocycles. The molecule has 3 nitrogen and oxygen atoms in total. The van der Waals surface area contributed by atoms with E-state index in [2.05, 4.69) is 28.5 Å². The predicted octanol–water partition coefficient (Wildman–Crippen LogP) is 4.05. The molecule has 1 aliphatic carbocycles. The number of hydrogen-bond donors (Lipinski definition) is 2. The summed E-state index contributed by atoms with van der Waals surface area (Å²) in [4.78, 5) is 4.47. The van der Waals surface area contributed by atoms with E-state index in [0.717, 1.165) is 28.0 Å². The summed E-state index contributed by atoms with van der Waals surface area (Å²) in [6.45, 7) is 0. The summed E-state index contributed by atoms with van der Waals surface area (Å²) in [6.07, 6.45) is 5.47. The smallest absolute Gasteiger partial charge is 0.0957 e. The molecular formula is C18H17N3. The Balaban J connectivity index is 1.76. The zero-order valence-electron chi connectivity index (χ0n) is 11.8. The minimum atomic E-state index is 0.762. The molecule has 1 aliphatic rings. The van der Waals surface area contributed by atoms with Gasteiger partial charge in [-0.25, -0.2) is 0 Å². The maximum atomic E-state index is 6.02. The Bertz CT molecular complexity index is 824. The molecule has 0 unspecified atom stereocenters. The molecule has 2 aromatic carbocycles. The van der Waals surface area contributed by atoms with Gasteiger partial charge in [0.05, 0.1) is 11.2 Å². The van der Waals surface area contributed by atoms with Gasteiger partial charge in [0.15, 0.2) is 0 Å². The van der Waals surface area contributed by atoms with E-state index in [9.17, 15) is 0 Å². The van der Waals surface area contributed by atoms with E-state index < -0.39 is 0 Å². The van der Waals surface area contributed by atoms with Gasteiger partial charge in [0.1, 0.15) is 0 Å². The van der Waals surface area contributed by atoms with Crippen LogP contribution < -0.4 is 11.1 Å². The fraction of sp³-hybridized carbons (Fsp3) is 0.167. The summed E-state index contributed by atoms with van der Waals surface area (Å²) < 4.78 is 0. The van der Waals surface area contributed by atoms with Gasteiger partial charge in [-0.3, -0.25) is 4.98 Å². The molecule has 0 fully saturated rings. The lowest BCUT2D eigenvalue weighted by Crippen LogP contribution is -1.96. The molecule has 4 rings (SSSR count). The summed E-state index contributed by atoms with van der Waals surface area (Å²) >= 11 is 0. The lowest BCUT2D eigenvalue weighted by atomic mass is 10.1. The normalized spacial score (nSPS) is 13.3. The first-order valence-electron chi connectivity index (χ1n) is 7.33. The minimum absolute atomic E-state index is 0.762. The van der Waals surface area contributed by atoms with Crippen LogP contribution in [0.15, 0.2) is 48.7 Å². The second-order valence-corrected chi connectivity index (χ2v) is 5.56. The van der Waals surface area contributed by atoms with Gasteiger partial charge in [-0.15, -0.1) is 0 Å². The number of anilines is 3. The third kappa shape index (κ3) is 2.11. The van der Waals surface area contributed by atoms with Gasteiger partial charge < -0.3 is 11.1 Å². The van der Waals surface area contributed by atoms with Crippen molar-refractivity contribution in [2.75, 3.05) is 11.1 Å². The quantitative estimate of drug-likeness (QED) is 0.694. The zero-order valence-corrected chi connectivity index (χ0v) is 11.8. The van der Waals surface area contributed by atoms with Crippen LogP contribution in [0, 0.1) is 0 Å². The molecule has 0 aliphatic heterocycles. The molecule has 21 heavy (non-hydrogen) atoms. The topological polar surface area (TPSA) is 50.9 Å². The van der Waals surface area contributed by atoms with E-state index in [0.29, 0.717) is 0 Å². The fourth-order valence-corrected chi connectivity index (χ4v) is 3.10. The highest BCUT2D eigenvalue weighted by Crippen LogP contribution is 2.31. The van der Waals surface area contributed by atoms with E-state index in [1.807, 2.05) is 24.3 Å². The van der Waals surface area contributed by atoms with E-state index in [-0.39, 0.29) is 0 Å². The van der Waals surface area contributed by atoms with Gasteiger partial charge in [-0.1, -0.05) is 6.07 Å². The molecule has 0 saturated heterocycles. The number of nitrogen functional groups attached to an aromatic ring is 1. The van der Waals surface area contributed by atoms with Gasteiger partial charge in [-0.05, 0) is 66.8 Å². The third-order valence-corrected chi connectivity index (χ3v) is 4.18. The van der Waals surface area contributed by atoms with E-state index in [4.69, 9.17) is 5.73 Å². The molecule has 0 saturated carbocycles. The summed E-state index contributed by atoms with van der Waals surface area (Å²) in [7, 11) is 0. The number of aryl methyl sites for hydroxylation is 2. The van der Waals surface area contributed by atoms with E-state index >= 15 is 0 Å². The number of fused-ring (bicyclic) bond motifs is 2. The van der Waals surface area contributed by atoms with Crippen LogP contribution in [0.25, 0.3) is 10.9 Å². The number of hydrogen-bond acceptors (Lipinski definition) is 3. The zero-order chi connectivity index (χ0) is 14.2. The molecular weight excluding hydrogens is 258 g/mol. The Morgan fingerprint density at radius 2 is 1.90 bits per heavy atom. The third-order valence-electron chi connectivity index (χ3n) is 4.18. The summed E-state index contributed by atoms with van der Waals surface area (Å²) in [5, 5.41) is 4.48. The number of nitrogens with zero attached hydrogens (tertiary/aromatic N) is 1. The number of aromatic nitrogens is 1. The SMILES string of the molecule is Nc1ccc(Nc2ccc3c(c2)CCC3)c2ncccc12. The first-order chi connectivity index (χ1) is 10.3.